The van der Waals surface area contributed by atoms with E-state index in [2.05, 4.69) is 0 Å². The smallest absolute Gasteiger partial charge is 0.338 e. The number of ether oxygens (including phenoxy) is 1. The Morgan fingerprint density at radius 2 is 1.81 bits per heavy atom. The fraction of sp³-hybridized carbons (Fsp3) is 0.350. The second-order valence-corrected chi connectivity index (χ2v) is 9.08. The molecule has 1 fully saturated rings. The number of hydrogen-bond acceptors (Lipinski definition) is 4. The number of sulfonamides is 1. The Hall–Kier alpha value is -1.89. The molecule has 1 heterocycles. The third-order valence-corrected chi connectivity index (χ3v) is 7.09. The van der Waals surface area contributed by atoms with Gasteiger partial charge in [0.2, 0.25) is 10.0 Å². The molecule has 1 aliphatic heterocycles. The van der Waals surface area contributed by atoms with Gasteiger partial charge in [-0.05, 0) is 56.0 Å². The quantitative estimate of drug-likeness (QED) is 0.700. The lowest BCUT2D eigenvalue weighted by atomic mass is 10.1. The number of aryl methyl sites for hydroxylation is 2. The molecule has 1 saturated heterocycles. The van der Waals surface area contributed by atoms with Gasteiger partial charge in [-0.25, -0.2) is 13.2 Å². The van der Waals surface area contributed by atoms with Gasteiger partial charge in [-0.2, -0.15) is 4.31 Å². The standard InChI is InChI=1S/C20H22ClNO4S/c1-14-5-6-15(2)17(11-14)13-26-20(23)16-7-8-18(21)19(12-16)27(24,25)22-9-3-4-10-22/h5-8,11-12H,3-4,9-10,13H2,1-2H3. The summed E-state index contributed by atoms with van der Waals surface area (Å²) in [5, 5.41) is 0.105. The van der Waals surface area contributed by atoms with Crippen LogP contribution in [0.15, 0.2) is 41.3 Å². The van der Waals surface area contributed by atoms with E-state index in [-0.39, 0.29) is 22.1 Å². The van der Waals surface area contributed by atoms with Gasteiger partial charge in [0.1, 0.15) is 11.5 Å². The Kier molecular flexibility index (Phi) is 5.89. The Bertz CT molecular complexity index is 966. The van der Waals surface area contributed by atoms with Crippen LogP contribution in [0.3, 0.4) is 0 Å². The van der Waals surface area contributed by atoms with Crippen molar-refractivity contribution in [2.24, 2.45) is 0 Å². The van der Waals surface area contributed by atoms with Crippen molar-refractivity contribution in [3.63, 3.8) is 0 Å². The molecule has 0 atom stereocenters. The number of esters is 1. The zero-order chi connectivity index (χ0) is 19.6. The van der Waals surface area contributed by atoms with E-state index >= 15 is 0 Å². The Balaban J connectivity index is 1.80. The Morgan fingerprint density at radius 1 is 1.11 bits per heavy atom. The molecule has 0 N–H and O–H groups in total. The number of nitrogens with zero attached hydrogens (tertiary/aromatic N) is 1. The first kappa shape index (κ1) is 19.9. The highest BCUT2D eigenvalue weighted by molar-refractivity contribution is 7.89. The molecule has 0 aromatic heterocycles. The van der Waals surface area contributed by atoms with Crippen LogP contribution in [0.5, 0.6) is 0 Å². The molecule has 0 amide bonds. The molecule has 27 heavy (non-hydrogen) atoms. The van der Waals surface area contributed by atoms with Crippen molar-refractivity contribution in [3.8, 4) is 0 Å². The molecule has 0 bridgehead atoms. The van der Waals surface area contributed by atoms with Crippen LogP contribution in [-0.2, 0) is 21.4 Å². The van der Waals surface area contributed by atoms with E-state index in [1.165, 1.54) is 22.5 Å². The lowest BCUT2D eigenvalue weighted by Crippen LogP contribution is -2.28. The third kappa shape index (κ3) is 4.34. The molecule has 3 rings (SSSR count). The summed E-state index contributed by atoms with van der Waals surface area (Å²) in [7, 11) is -3.71. The predicted octanol–water partition coefficient (Wildman–Crippen LogP) is 4.10. The average Bonchev–Trinajstić information content (AvgIpc) is 3.18. The minimum atomic E-state index is -3.71. The molecule has 1 aliphatic rings. The average molecular weight is 408 g/mol. The van der Waals surface area contributed by atoms with E-state index in [1.807, 2.05) is 32.0 Å². The van der Waals surface area contributed by atoms with E-state index in [9.17, 15) is 13.2 Å². The second kappa shape index (κ2) is 8.00. The molecule has 0 unspecified atom stereocenters. The van der Waals surface area contributed by atoms with Crippen LogP contribution in [0.25, 0.3) is 0 Å². The monoisotopic (exact) mass is 407 g/mol. The van der Waals surface area contributed by atoms with Gasteiger partial charge >= 0.3 is 5.97 Å². The van der Waals surface area contributed by atoms with E-state index in [0.29, 0.717) is 13.1 Å². The molecule has 0 aliphatic carbocycles. The summed E-state index contributed by atoms with van der Waals surface area (Å²) in [5.41, 5.74) is 3.20. The second-order valence-electron chi connectivity index (χ2n) is 6.76. The maximum absolute atomic E-state index is 12.8. The molecule has 0 radical (unpaired) electrons. The highest BCUT2D eigenvalue weighted by Crippen LogP contribution is 2.28. The van der Waals surface area contributed by atoms with E-state index in [1.54, 1.807) is 0 Å². The minimum absolute atomic E-state index is 0.0488. The van der Waals surface area contributed by atoms with Gasteiger partial charge in [0.15, 0.2) is 0 Å². The van der Waals surface area contributed by atoms with Crippen molar-refractivity contribution in [1.29, 1.82) is 0 Å². The lowest BCUT2D eigenvalue weighted by molar-refractivity contribution is 0.0471. The molecule has 2 aromatic carbocycles. The first-order valence-electron chi connectivity index (χ1n) is 8.82. The number of halogens is 1. The summed E-state index contributed by atoms with van der Waals surface area (Å²) in [4.78, 5) is 12.4. The summed E-state index contributed by atoms with van der Waals surface area (Å²) >= 11 is 6.12. The summed E-state index contributed by atoms with van der Waals surface area (Å²) in [6, 6.07) is 10.2. The number of carbonyl (C=O) groups is 1. The fourth-order valence-electron chi connectivity index (χ4n) is 3.08. The summed E-state index contributed by atoms with van der Waals surface area (Å²) < 4.78 is 32.4. The van der Waals surface area contributed by atoms with Gasteiger partial charge in [-0.15, -0.1) is 0 Å². The summed E-state index contributed by atoms with van der Waals surface area (Å²) in [6.07, 6.45) is 1.66. The first-order chi connectivity index (χ1) is 12.8. The van der Waals surface area contributed by atoms with Crippen molar-refractivity contribution in [2.45, 2.75) is 38.2 Å². The van der Waals surface area contributed by atoms with Crippen LogP contribution < -0.4 is 0 Å². The highest BCUT2D eigenvalue weighted by Gasteiger charge is 2.30. The molecule has 7 heteroatoms. The first-order valence-corrected chi connectivity index (χ1v) is 10.6. The van der Waals surface area contributed by atoms with Gasteiger partial charge in [-0.3, -0.25) is 0 Å². The zero-order valence-corrected chi connectivity index (χ0v) is 16.9. The van der Waals surface area contributed by atoms with Crippen LogP contribution in [0, 0.1) is 13.8 Å². The van der Waals surface area contributed by atoms with Gasteiger partial charge in [0.25, 0.3) is 0 Å². The van der Waals surface area contributed by atoms with E-state index in [0.717, 1.165) is 29.5 Å². The van der Waals surface area contributed by atoms with Crippen molar-refractivity contribution in [2.75, 3.05) is 13.1 Å². The van der Waals surface area contributed by atoms with Gasteiger partial charge in [-0.1, -0.05) is 35.4 Å². The van der Waals surface area contributed by atoms with Crippen LogP contribution >= 0.6 is 11.6 Å². The topological polar surface area (TPSA) is 63.7 Å². The van der Waals surface area contributed by atoms with Crippen molar-refractivity contribution < 1.29 is 17.9 Å². The van der Waals surface area contributed by atoms with Crippen LogP contribution in [0.4, 0.5) is 0 Å². The van der Waals surface area contributed by atoms with Crippen molar-refractivity contribution in [3.05, 3.63) is 63.7 Å². The van der Waals surface area contributed by atoms with E-state index in [4.69, 9.17) is 16.3 Å². The predicted molar refractivity (Wildman–Crippen MR) is 104 cm³/mol. The molecule has 144 valence electrons. The molecule has 5 nitrogen and oxygen atoms in total. The van der Waals surface area contributed by atoms with Crippen LogP contribution in [0.1, 0.15) is 39.9 Å². The Morgan fingerprint density at radius 3 is 2.52 bits per heavy atom. The highest BCUT2D eigenvalue weighted by atomic mass is 35.5. The number of carbonyl (C=O) groups excluding carboxylic acids is 1. The largest absolute Gasteiger partial charge is 0.457 e. The number of benzene rings is 2. The van der Waals surface area contributed by atoms with E-state index < -0.39 is 16.0 Å². The lowest BCUT2D eigenvalue weighted by Gasteiger charge is -2.17. The van der Waals surface area contributed by atoms with Crippen LogP contribution in [0.2, 0.25) is 5.02 Å². The number of hydrogen-bond donors (Lipinski definition) is 0. The van der Waals surface area contributed by atoms with Crippen LogP contribution in [-0.4, -0.2) is 31.8 Å². The van der Waals surface area contributed by atoms with Gasteiger partial charge in [0.05, 0.1) is 10.6 Å². The maximum atomic E-state index is 12.8. The molecular formula is C20H22ClNO4S. The maximum Gasteiger partial charge on any atom is 0.338 e. The Labute approximate surface area is 165 Å². The summed E-state index contributed by atoms with van der Waals surface area (Å²) in [5.74, 6) is -0.578. The SMILES string of the molecule is Cc1ccc(C)c(COC(=O)c2ccc(Cl)c(S(=O)(=O)N3CCCC3)c2)c1. The molecule has 0 saturated carbocycles. The van der Waals surface area contributed by atoms with Crippen molar-refractivity contribution in [1.82, 2.24) is 4.31 Å². The third-order valence-electron chi connectivity index (χ3n) is 4.71. The van der Waals surface area contributed by atoms with Gasteiger partial charge < -0.3 is 4.74 Å². The molecular weight excluding hydrogens is 386 g/mol. The zero-order valence-electron chi connectivity index (χ0n) is 15.4. The van der Waals surface area contributed by atoms with Crippen molar-refractivity contribution >= 4 is 27.6 Å². The molecule has 2 aromatic rings. The van der Waals surface area contributed by atoms with Gasteiger partial charge in [0, 0.05) is 13.1 Å². The molecule has 0 spiro atoms. The number of rotatable bonds is 5. The summed E-state index contributed by atoms with van der Waals surface area (Å²) in [6.45, 7) is 4.99. The normalized spacial score (nSPS) is 15.1. The minimum Gasteiger partial charge on any atom is -0.457 e. The fourth-order valence-corrected chi connectivity index (χ4v) is 5.10.